The molecule has 0 unspecified atom stereocenters. The summed E-state index contributed by atoms with van der Waals surface area (Å²) in [4.78, 5) is 20.2. The number of fused-ring (bicyclic) bond motifs is 4. The fourth-order valence-corrected chi connectivity index (χ4v) is 4.86. The molecule has 1 aromatic heterocycles. The van der Waals surface area contributed by atoms with Crippen LogP contribution in [0.25, 0.3) is 10.9 Å². The Morgan fingerprint density at radius 2 is 1.93 bits per heavy atom. The number of nitrogens with zero attached hydrogens (tertiary/aromatic N) is 2. The maximum atomic E-state index is 13.5. The van der Waals surface area contributed by atoms with E-state index in [0.717, 1.165) is 27.7 Å². The van der Waals surface area contributed by atoms with E-state index in [4.69, 9.17) is 12.2 Å². The molecule has 0 radical (unpaired) electrons. The molecule has 3 aromatic rings. The first-order chi connectivity index (χ1) is 13.1. The Hall–Kier alpha value is -2.73. The molecular formula is C21H18FN3OS. The SMILES string of the molecule is CCN1C(=O)[C@H]2Cc3c([nH]c4ccccc34)[C@@H](c3ccc(F)cc3)N2C1=S. The Balaban J connectivity index is 1.75. The topological polar surface area (TPSA) is 39.3 Å². The largest absolute Gasteiger partial charge is 0.356 e. The number of halogens is 1. The zero-order valence-electron chi connectivity index (χ0n) is 14.8. The molecule has 0 bridgehead atoms. The third kappa shape index (κ3) is 2.26. The summed E-state index contributed by atoms with van der Waals surface area (Å²) in [7, 11) is 0. The lowest BCUT2D eigenvalue weighted by Gasteiger charge is -2.37. The molecule has 1 amide bonds. The number of H-pyrrole nitrogens is 1. The van der Waals surface area contributed by atoms with Crippen LogP contribution in [0.3, 0.4) is 0 Å². The first kappa shape index (κ1) is 16.4. The van der Waals surface area contributed by atoms with E-state index in [1.54, 1.807) is 17.0 Å². The lowest BCUT2D eigenvalue weighted by atomic mass is 9.89. The van der Waals surface area contributed by atoms with Crippen molar-refractivity contribution in [2.24, 2.45) is 0 Å². The number of rotatable bonds is 2. The van der Waals surface area contributed by atoms with Crippen LogP contribution in [0.5, 0.6) is 0 Å². The molecule has 1 saturated heterocycles. The summed E-state index contributed by atoms with van der Waals surface area (Å²) >= 11 is 5.67. The Bertz CT molecular complexity index is 1070. The molecule has 2 aromatic carbocycles. The monoisotopic (exact) mass is 379 g/mol. The van der Waals surface area contributed by atoms with Crippen molar-refractivity contribution in [1.82, 2.24) is 14.8 Å². The number of amides is 1. The third-order valence-corrected chi connectivity index (χ3v) is 6.07. The predicted molar refractivity (Wildman–Crippen MR) is 106 cm³/mol. The molecule has 2 aliphatic rings. The first-order valence-electron chi connectivity index (χ1n) is 9.08. The molecule has 27 heavy (non-hydrogen) atoms. The van der Waals surface area contributed by atoms with Gasteiger partial charge in [-0.1, -0.05) is 30.3 Å². The number of hydrogen-bond acceptors (Lipinski definition) is 2. The maximum Gasteiger partial charge on any atom is 0.251 e. The minimum atomic E-state index is -0.320. The van der Waals surface area contributed by atoms with Crippen LogP contribution in [0, 0.1) is 5.82 Å². The highest BCUT2D eigenvalue weighted by molar-refractivity contribution is 7.80. The number of likely N-dealkylation sites (N-methyl/N-ethyl adjacent to an activating group) is 1. The van der Waals surface area contributed by atoms with Gasteiger partial charge in [0, 0.05) is 29.6 Å². The summed E-state index contributed by atoms with van der Waals surface area (Å²) in [6.45, 7) is 2.49. The molecule has 136 valence electrons. The number of hydrogen-bond donors (Lipinski definition) is 1. The second-order valence-electron chi connectivity index (χ2n) is 7.01. The zero-order valence-corrected chi connectivity index (χ0v) is 15.6. The molecular weight excluding hydrogens is 361 g/mol. The van der Waals surface area contributed by atoms with Gasteiger partial charge in [-0.2, -0.15) is 0 Å². The predicted octanol–water partition coefficient (Wildman–Crippen LogP) is 3.77. The number of aromatic nitrogens is 1. The third-order valence-electron chi connectivity index (χ3n) is 5.64. The molecule has 4 nitrogen and oxygen atoms in total. The van der Waals surface area contributed by atoms with E-state index in [0.29, 0.717) is 18.1 Å². The highest BCUT2D eigenvalue weighted by Gasteiger charge is 2.49. The Labute approximate surface area is 161 Å². The van der Waals surface area contributed by atoms with Crippen molar-refractivity contribution in [2.75, 3.05) is 6.54 Å². The van der Waals surface area contributed by atoms with Gasteiger partial charge in [0.05, 0.1) is 6.04 Å². The van der Waals surface area contributed by atoms with Gasteiger partial charge in [0.25, 0.3) is 5.91 Å². The highest BCUT2D eigenvalue weighted by Crippen LogP contribution is 2.43. The Morgan fingerprint density at radius 1 is 1.19 bits per heavy atom. The number of thiocarbonyl (C=S) groups is 1. The highest BCUT2D eigenvalue weighted by atomic mass is 32.1. The van der Waals surface area contributed by atoms with E-state index < -0.39 is 0 Å². The van der Waals surface area contributed by atoms with Gasteiger partial charge >= 0.3 is 0 Å². The molecule has 0 aliphatic carbocycles. The van der Waals surface area contributed by atoms with Crippen molar-refractivity contribution in [3.05, 3.63) is 71.2 Å². The van der Waals surface area contributed by atoms with E-state index in [9.17, 15) is 9.18 Å². The fourth-order valence-electron chi connectivity index (χ4n) is 4.41. The summed E-state index contributed by atoms with van der Waals surface area (Å²) in [5, 5.41) is 1.68. The number of carbonyl (C=O) groups is 1. The van der Waals surface area contributed by atoms with Crippen LogP contribution in [0.2, 0.25) is 0 Å². The summed E-state index contributed by atoms with van der Waals surface area (Å²) < 4.78 is 13.5. The van der Waals surface area contributed by atoms with Gasteiger partial charge in [0.1, 0.15) is 11.9 Å². The molecule has 2 aliphatic heterocycles. The normalized spacial score (nSPS) is 21.7. The van der Waals surface area contributed by atoms with Crippen LogP contribution in [-0.2, 0) is 11.2 Å². The number of nitrogens with one attached hydrogen (secondary N) is 1. The maximum absolute atomic E-state index is 13.5. The van der Waals surface area contributed by atoms with E-state index in [1.807, 2.05) is 30.0 Å². The van der Waals surface area contributed by atoms with Crippen molar-refractivity contribution in [2.45, 2.75) is 25.4 Å². The molecule has 5 rings (SSSR count). The van der Waals surface area contributed by atoms with Gasteiger partial charge in [0.15, 0.2) is 5.11 Å². The van der Waals surface area contributed by atoms with Crippen LogP contribution in [0.4, 0.5) is 4.39 Å². The van der Waals surface area contributed by atoms with E-state index in [-0.39, 0.29) is 23.8 Å². The molecule has 1 fully saturated rings. The summed E-state index contributed by atoms with van der Waals surface area (Å²) in [5.41, 5.74) is 4.14. The fraction of sp³-hybridized carbons (Fsp3) is 0.238. The van der Waals surface area contributed by atoms with E-state index in [2.05, 4.69) is 11.1 Å². The second-order valence-corrected chi connectivity index (χ2v) is 7.37. The van der Waals surface area contributed by atoms with Crippen LogP contribution in [0.1, 0.15) is 29.8 Å². The average Bonchev–Trinajstić information content (AvgIpc) is 3.16. The van der Waals surface area contributed by atoms with Crippen molar-refractivity contribution in [3.8, 4) is 0 Å². The second kappa shape index (κ2) is 5.89. The minimum Gasteiger partial charge on any atom is -0.356 e. The lowest BCUT2D eigenvalue weighted by Crippen LogP contribution is -2.44. The summed E-state index contributed by atoms with van der Waals surface area (Å²) in [5.74, 6) is -0.233. The quantitative estimate of drug-likeness (QED) is 0.689. The van der Waals surface area contributed by atoms with Crippen LogP contribution < -0.4 is 0 Å². The van der Waals surface area contributed by atoms with Gasteiger partial charge in [-0.15, -0.1) is 0 Å². The van der Waals surface area contributed by atoms with Crippen molar-refractivity contribution in [1.29, 1.82) is 0 Å². The average molecular weight is 379 g/mol. The van der Waals surface area contributed by atoms with Crippen molar-refractivity contribution >= 4 is 34.1 Å². The smallest absolute Gasteiger partial charge is 0.251 e. The molecule has 0 saturated carbocycles. The van der Waals surface area contributed by atoms with Crippen molar-refractivity contribution < 1.29 is 9.18 Å². The molecule has 1 N–H and O–H groups in total. The Morgan fingerprint density at radius 3 is 2.67 bits per heavy atom. The van der Waals surface area contributed by atoms with E-state index >= 15 is 0 Å². The van der Waals surface area contributed by atoms with Gasteiger partial charge in [-0.3, -0.25) is 9.69 Å². The molecule has 2 atom stereocenters. The lowest BCUT2D eigenvalue weighted by molar-refractivity contribution is -0.128. The van der Waals surface area contributed by atoms with Gasteiger partial charge < -0.3 is 9.88 Å². The minimum absolute atomic E-state index is 0.0468. The van der Waals surface area contributed by atoms with Gasteiger partial charge in [-0.25, -0.2) is 4.39 Å². The van der Waals surface area contributed by atoms with Crippen LogP contribution in [-0.4, -0.2) is 38.4 Å². The van der Waals surface area contributed by atoms with Crippen LogP contribution >= 0.6 is 12.2 Å². The van der Waals surface area contributed by atoms with Gasteiger partial charge in [-0.05, 0) is 48.5 Å². The first-order valence-corrected chi connectivity index (χ1v) is 9.49. The number of carbonyl (C=O) groups excluding carboxylic acids is 1. The molecule has 0 spiro atoms. The number of benzene rings is 2. The number of para-hydroxylation sites is 1. The molecule has 3 heterocycles. The van der Waals surface area contributed by atoms with Crippen molar-refractivity contribution in [3.63, 3.8) is 0 Å². The zero-order chi connectivity index (χ0) is 18.7. The van der Waals surface area contributed by atoms with E-state index in [1.165, 1.54) is 12.1 Å². The summed E-state index contributed by atoms with van der Waals surface area (Å²) in [6.07, 6.45) is 0.618. The van der Waals surface area contributed by atoms with Gasteiger partial charge in [0.2, 0.25) is 0 Å². The summed E-state index contributed by atoms with van der Waals surface area (Å²) in [6, 6.07) is 14.0. The molecule has 6 heteroatoms. The Kier molecular flexibility index (Phi) is 3.59. The standard InChI is InChI=1S/C21H18FN3OS/c1-2-24-20(26)17-11-15-14-5-3-4-6-16(14)23-18(15)19(25(17)21(24)27)12-7-9-13(22)10-8-12/h3-10,17,19,23H,2,11H2,1H3/t17-,19-/m1/s1. The van der Waals surface area contributed by atoms with Crippen LogP contribution in [0.15, 0.2) is 48.5 Å². The number of aromatic amines is 1.